The molecule has 6 nitrogen and oxygen atoms in total. The average Bonchev–Trinajstić information content (AvgIpc) is 2.99. The third-order valence-corrected chi connectivity index (χ3v) is 6.16. The maximum absolute atomic E-state index is 12.1. The summed E-state index contributed by atoms with van der Waals surface area (Å²) in [5, 5.41) is 4.54. The van der Waals surface area contributed by atoms with Gasteiger partial charge in [0.15, 0.2) is 21.3 Å². The monoisotopic (exact) mass is 317 g/mol. The first-order valence-electron chi connectivity index (χ1n) is 6.41. The molecule has 0 spiro atoms. The van der Waals surface area contributed by atoms with Crippen molar-refractivity contribution in [2.45, 2.75) is 6.42 Å². The lowest BCUT2D eigenvalue weighted by atomic mass is 10.1. The maximum Gasteiger partial charge on any atom is 0.265 e. The second kappa shape index (κ2) is 5.25. The van der Waals surface area contributed by atoms with Crippen LogP contribution in [0.5, 0.6) is 11.5 Å². The number of thiophene rings is 1. The van der Waals surface area contributed by atoms with Crippen molar-refractivity contribution < 1.29 is 22.7 Å². The Hall–Kier alpha value is -1.28. The highest BCUT2D eigenvalue weighted by molar-refractivity contribution is 7.91. The van der Waals surface area contributed by atoms with Crippen molar-refractivity contribution in [3.63, 3.8) is 0 Å². The molecular formula is C12H15NO5S2. The number of hydrogen-bond donors (Lipinski definition) is 1. The molecule has 1 saturated heterocycles. The quantitative estimate of drug-likeness (QED) is 0.887. The number of carbonyl (C=O) groups excluding carboxylic acids is 1. The summed E-state index contributed by atoms with van der Waals surface area (Å²) in [5.74, 6) is 1.27. The van der Waals surface area contributed by atoms with E-state index >= 15 is 0 Å². The van der Waals surface area contributed by atoms with E-state index in [2.05, 4.69) is 5.32 Å². The van der Waals surface area contributed by atoms with E-state index in [1.165, 1.54) is 11.3 Å². The second-order valence-electron chi connectivity index (χ2n) is 4.93. The Kier molecular flexibility index (Phi) is 3.59. The lowest BCUT2D eigenvalue weighted by Gasteiger charge is -2.16. The van der Waals surface area contributed by atoms with Gasteiger partial charge in [0, 0.05) is 11.9 Å². The van der Waals surface area contributed by atoms with Crippen molar-refractivity contribution in [1.82, 2.24) is 5.32 Å². The van der Waals surface area contributed by atoms with Crippen LogP contribution < -0.4 is 14.8 Å². The fourth-order valence-electron chi connectivity index (χ4n) is 2.37. The van der Waals surface area contributed by atoms with Gasteiger partial charge in [-0.25, -0.2) is 8.42 Å². The van der Waals surface area contributed by atoms with Crippen LogP contribution in [0.4, 0.5) is 0 Å². The smallest absolute Gasteiger partial charge is 0.265 e. The zero-order valence-corrected chi connectivity index (χ0v) is 12.4. The van der Waals surface area contributed by atoms with Crippen molar-refractivity contribution in [3.8, 4) is 11.5 Å². The van der Waals surface area contributed by atoms with Gasteiger partial charge in [-0.3, -0.25) is 4.79 Å². The number of nitrogens with one attached hydrogen (secondary N) is 1. The highest BCUT2D eigenvalue weighted by Gasteiger charge is 2.29. The molecule has 3 heterocycles. The van der Waals surface area contributed by atoms with E-state index < -0.39 is 9.84 Å². The number of carbonyl (C=O) groups is 1. The molecule has 2 aliphatic heterocycles. The van der Waals surface area contributed by atoms with Crippen LogP contribution in [0.15, 0.2) is 5.38 Å². The first-order valence-corrected chi connectivity index (χ1v) is 9.11. The minimum absolute atomic E-state index is 0.0110. The average molecular weight is 317 g/mol. The number of amides is 1. The van der Waals surface area contributed by atoms with Crippen molar-refractivity contribution in [2.75, 3.05) is 31.3 Å². The van der Waals surface area contributed by atoms with Crippen molar-refractivity contribution in [2.24, 2.45) is 5.92 Å². The van der Waals surface area contributed by atoms with E-state index in [0.29, 0.717) is 42.6 Å². The van der Waals surface area contributed by atoms with Gasteiger partial charge in [-0.2, -0.15) is 0 Å². The minimum atomic E-state index is -2.90. The fourth-order valence-corrected chi connectivity index (χ4v) is 5.08. The highest BCUT2D eigenvalue weighted by Crippen LogP contribution is 2.39. The van der Waals surface area contributed by atoms with E-state index in [4.69, 9.17) is 9.47 Å². The first-order chi connectivity index (χ1) is 9.55. The molecule has 0 aliphatic carbocycles. The topological polar surface area (TPSA) is 81.7 Å². The summed E-state index contributed by atoms with van der Waals surface area (Å²) < 4.78 is 33.6. The predicted octanol–water partition coefficient (Wildman–Crippen LogP) is 0.684. The molecule has 8 heteroatoms. The number of ether oxygens (including phenoxy) is 2. The molecule has 20 heavy (non-hydrogen) atoms. The Bertz CT molecular complexity index is 622. The van der Waals surface area contributed by atoms with Gasteiger partial charge in [0.2, 0.25) is 0 Å². The van der Waals surface area contributed by atoms with Crippen molar-refractivity contribution in [1.29, 1.82) is 0 Å². The van der Waals surface area contributed by atoms with Gasteiger partial charge >= 0.3 is 0 Å². The van der Waals surface area contributed by atoms with Crippen LogP contribution in [0, 0.1) is 5.92 Å². The lowest BCUT2D eigenvalue weighted by Crippen LogP contribution is -2.30. The van der Waals surface area contributed by atoms with Gasteiger partial charge in [0.05, 0.1) is 11.5 Å². The summed E-state index contributed by atoms with van der Waals surface area (Å²) >= 11 is 1.28. The zero-order valence-electron chi connectivity index (χ0n) is 10.8. The van der Waals surface area contributed by atoms with E-state index in [-0.39, 0.29) is 23.3 Å². The van der Waals surface area contributed by atoms with E-state index in [1.807, 2.05) is 0 Å². The molecule has 1 N–H and O–H groups in total. The van der Waals surface area contributed by atoms with E-state index in [1.54, 1.807) is 5.38 Å². The molecule has 1 aromatic heterocycles. The molecule has 1 amide bonds. The van der Waals surface area contributed by atoms with Gasteiger partial charge in [0.1, 0.15) is 18.1 Å². The fraction of sp³-hybridized carbons (Fsp3) is 0.583. The summed E-state index contributed by atoms with van der Waals surface area (Å²) in [6.07, 6.45) is 0.616. The largest absolute Gasteiger partial charge is 0.485 e. The Morgan fingerprint density at radius 2 is 2.20 bits per heavy atom. The molecule has 1 atom stereocenters. The normalized spacial score (nSPS) is 23.5. The zero-order chi connectivity index (χ0) is 14.2. The SMILES string of the molecule is O=C(NC[C@H]1CCS(=O)(=O)C1)c1scc2c1OCCO2. The standard InChI is InChI=1S/C12H15NO5S2/c14-12(13-5-8-1-4-20(15,16)7-8)11-10-9(6-19-11)17-2-3-18-10/h6,8H,1-5,7H2,(H,13,14)/t8-/m1/s1. The molecule has 0 radical (unpaired) electrons. The van der Waals surface area contributed by atoms with Crippen LogP contribution in [0.1, 0.15) is 16.1 Å². The van der Waals surface area contributed by atoms with Gasteiger partial charge in [-0.15, -0.1) is 11.3 Å². The Morgan fingerprint density at radius 1 is 1.40 bits per heavy atom. The molecule has 1 aromatic rings. The van der Waals surface area contributed by atoms with Crippen LogP contribution in [0.2, 0.25) is 0 Å². The molecular weight excluding hydrogens is 302 g/mol. The van der Waals surface area contributed by atoms with Crippen LogP contribution >= 0.6 is 11.3 Å². The number of sulfone groups is 1. The van der Waals surface area contributed by atoms with Crippen LogP contribution in [-0.4, -0.2) is 45.6 Å². The Balaban J connectivity index is 1.61. The lowest BCUT2D eigenvalue weighted by molar-refractivity contribution is 0.0943. The van der Waals surface area contributed by atoms with Gasteiger partial charge in [-0.05, 0) is 12.3 Å². The summed E-state index contributed by atoms with van der Waals surface area (Å²) in [6, 6.07) is 0. The summed E-state index contributed by atoms with van der Waals surface area (Å²) in [4.78, 5) is 12.6. The molecule has 110 valence electrons. The Morgan fingerprint density at radius 3 is 2.95 bits per heavy atom. The summed E-state index contributed by atoms with van der Waals surface area (Å²) in [5.41, 5.74) is 0. The number of rotatable bonds is 3. The predicted molar refractivity (Wildman–Crippen MR) is 74.4 cm³/mol. The van der Waals surface area contributed by atoms with Gasteiger partial charge in [0.25, 0.3) is 5.91 Å². The molecule has 0 saturated carbocycles. The van der Waals surface area contributed by atoms with Crippen molar-refractivity contribution >= 4 is 27.1 Å². The molecule has 1 fully saturated rings. The molecule has 2 aliphatic rings. The van der Waals surface area contributed by atoms with Crippen molar-refractivity contribution in [3.05, 3.63) is 10.3 Å². The first kappa shape index (κ1) is 13.7. The third kappa shape index (κ3) is 2.76. The van der Waals surface area contributed by atoms with Gasteiger partial charge in [-0.1, -0.05) is 0 Å². The summed E-state index contributed by atoms with van der Waals surface area (Å²) in [6.45, 7) is 1.31. The van der Waals surface area contributed by atoms with E-state index in [9.17, 15) is 13.2 Å². The number of fused-ring (bicyclic) bond motifs is 1. The second-order valence-corrected chi connectivity index (χ2v) is 8.04. The highest BCUT2D eigenvalue weighted by atomic mass is 32.2. The number of hydrogen-bond acceptors (Lipinski definition) is 6. The Labute approximate surface area is 121 Å². The molecule has 0 unspecified atom stereocenters. The van der Waals surface area contributed by atoms with Gasteiger partial charge < -0.3 is 14.8 Å². The van der Waals surface area contributed by atoms with Crippen LogP contribution in [0.3, 0.4) is 0 Å². The molecule has 3 rings (SSSR count). The summed E-state index contributed by atoms with van der Waals surface area (Å²) in [7, 11) is -2.90. The van der Waals surface area contributed by atoms with E-state index in [0.717, 1.165) is 0 Å². The molecule has 0 aromatic carbocycles. The maximum atomic E-state index is 12.1. The van der Waals surface area contributed by atoms with Crippen LogP contribution in [0.25, 0.3) is 0 Å². The minimum Gasteiger partial charge on any atom is -0.485 e. The molecule has 0 bridgehead atoms. The third-order valence-electron chi connectivity index (χ3n) is 3.39. The van der Waals surface area contributed by atoms with Crippen LogP contribution in [-0.2, 0) is 9.84 Å².